The van der Waals surface area contributed by atoms with Crippen molar-refractivity contribution in [3.63, 3.8) is 0 Å². The molecule has 1 saturated heterocycles. The van der Waals surface area contributed by atoms with Gasteiger partial charge in [-0.05, 0) is 25.0 Å². The first-order valence-corrected chi connectivity index (χ1v) is 8.46. The van der Waals surface area contributed by atoms with Crippen LogP contribution in [0.1, 0.15) is 18.5 Å². The van der Waals surface area contributed by atoms with Crippen molar-refractivity contribution in [2.75, 3.05) is 25.1 Å². The van der Waals surface area contributed by atoms with Crippen molar-refractivity contribution < 1.29 is 9.53 Å². The van der Waals surface area contributed by atoms with Crippen LogP contribution >= 0.6 is 0 Å². The van der Waals surface area contributed by atoms with Crippen LogP contribution in [0.3, 0.4) is 0 Å². The molecule has 134 valence electrons. The summed E-state index contributed by atoms with van der Waals surface area (Å²) in [5.41, 5.74) is 1.05. The van der Waals surface area contributed by atoms with E-state index in [9.17, 15) is 4.79 Å². The molecule has 0 saturated carbocycles. The molecule has 0 unspecified atom stereocenters. The van der Waals surface area contributed by atoms with Gasteiger partial charge in [-0.25, -0.2) is 9.97 Å². The van der Waals surface area contributed by atoms with Gasteiger partial charge in [0.25, 0.3) is 0 Å². The van der Waals surface area contributed by atoms with E-state index < -0.39 is 0 Å². The molecule has 1 N–H and O–H groups in total. The molecule has 2 aromatic rings. The third-order valence-corrected chi connectivity index (χ3v) is 4.64. The number of hydrogen-bond donors (Lipinski definition) is 1. The van der Waals surface area contributed by atoms with Gasteiger partial charge >= 0.3 is 0 Å². The zero-order valence-electron chi connectivity index (χ0n) is 14.6. The van der Waals surface area contributed by atoms with E-state index >= 15 is 0 Å². The van der Waals surface area contributed by atoms with Gasteiger partial charge in [-0.15, -0.1) is 0 Å². The minimum absolute atomic E-state index is 0.0460. The van der Waals surface area contributed by atoms with E-state index in [1.165, 1.54) is 0 Å². The van der Waals surface area contributed by atoms with Crippen molar-refractivity contribution in [2.45, 2.75) is 31.4 Å². The Morgan fingerprint density at radius 1 is 1.40 bits per heavy atom. The Labute approximate surface area is 147 Å². The molecule has 0 aliphatic carbocycles. The van der Waals surface area contributed by atoms with Crippen LogP contribution in [0.2, 0.25) is 0 Å². The van der Waals surface area contributed by atoms with Crippen molar-refractivity contribution in [2.24, 2.45) is 7.05 Å². The molecule has 25 heavy (non-hydrogen) atoms. The van der Waals surface area contributed by atoms with Crippen LogP contribution < -0.4 is 10.2 Å². The monoisotopic (exact) mass is 344 g/mol. The largest absolute Gasteiger partial charge is 0.380 e. The van der Waals surface area contributed by atoms with Gasteiger partial charge in [0.2, 0.25) is 5.91 Å². The Hall–Kier alpha value is -2.48. The Balaban J connectivity index is 1.53. The fourth-order valence-corrected chi connectivity index (χ4v) is 3.18. The smallest absolute Gasteiger partial charge is 0.220 e. The minimum atomic E-state index is 0.0460. The summed E-state index contributed by atoms with van der Waals surface area (Å²) >= 11 is 0. The van der Waals surface area contributed by atoms with E-state index in [1.54, 1.807) is 30.5 Å². The number of nitrogens with one attached hydrogen (secondary N) is 1. The lowest BCUT2D eigenvalue weighted by molar-refractivity contribution is -0.121. The topological polar surface area (TPSA) is 85.2 Å². The summed E-state index contributed by atoms with van der Waals surface area (Å²) in [6.45, 7) is 1.34. The molecular weight excluding hydrogens is 320 g/mol. The second-order valence-electron chi connectivity index (χ2n) is 6.22. The Morgan fingerprint density at radius 2 is 2.28 bits per heavy atom. The van der Waals surface area contributed by atoms with Gasteiger partial charge in [0.1, 0.15) is 12.1 Å². The van der Waals surface area contributed by atoms with Gasteiger partial charge in [-0.2, -0.15) is 5.10 Å². The summed E-state index contributed by atoms with van der Waals surface area (Å²) in [6.07, 6.45) is 7.16. The van der Waals surface area contributed by atoms with Crippen molar-refractivity contribution >= 4 is 11.7 Å². The summed E-state index contributed by atoms with van der Waals surface area (Å²) in [5, 5.41) is 7.16. The predicted octanol–water partition coefficient (Wildman–Crippen LogP) is 0.553. The summed E-state index contributed by atoms with van der Waals surface area (Å²) in [7, 11) is 3.61. The molecule has 8 heteroatoms. The number of ether oxygens (including phenoxy) is 1. The number of carbonyl (C=O) groups is 1. The molecule has 0 radical (unpaired) electrons. The average Bonchev–Trinajstić information content (AvgIpc) is 3.24. The Morgan fingerprint density at radius 3 is 2.96 bits per heavy atom. The number of hydrogen-bond acceptors (Lipinski definition) is 6. The van der Waals surface area contributed by atoms with Crippen molar-refractivity contribution in [1.29, 1.82) is 0 Å². The van der Waals surface area contributed by atoms with Crippen LogP contribution in [-0.2, 0) is 23.0 Å². The van der Waals surface area contributed by atoms with Crippen LogP contribution in [0.5, 0.6) is 0 Å². The highest BCUT2D eigenvalue weighted by Crippen LogP contribution is 2.24. The average molecular weight is 344 g/mol. The first kappa shape index (κ1) is 17.3. The number of carbonyl (C=O) groups excluding carboxylic acids is 1. The summed E-state index contributed by atoms with van der Waals surface area (Å²) in [5.74, 6) is 0.911. The molecule has 2 atom stereocenters. The van der Waals surface area contributed by atoms with Gasteiger partial charge in [0.15, 0.2) is 0 Å². The highest BCUT2D eigenvalue weighted by molar-refractivity contribution is 5.76. The lowest BCUT2D eigenvalue weighted by Gasteiger charge is -2.25. The maximum atomic E-state index is 12.2. The third-order valence-electron chi connectivity index (χ3n) is 4.64. The molecule has 1 aliphatic rings. The van der Waals surface area contributed by atoms with E-state index in [0.29, 0.717) is 19.4 Å². The number of aryl methyl sites for hydroxylation is 2. The molecule has 0 spiro atoms. The zero-order chi connectivity index (χ0) is 17.6. The molecule has 1 fully saturated rings. The summed E-state index contributed by atoms with van der Waals surface area (Å²) < 4.78 is 7.30. The Kier molecular flexibility index (Phi) is 5.60. The molecule has 1 aliphatic heterocycles. The quantitative estimate of drug-likeness (QED) is 0.790. The molecule has 0 aromatic carbocycles. The van der Waals surface area contributed by atoms with Gasteiger partial charge in [0.05, 0.1) is 12.1 Å². The van der Waals surface area contributed by atoms with Crippen molar-refractivity contribution in [3.05, 3.63) is 36.5 Å². The SMILES string of the molecule is CO[C@@H]1C[C@H](CNC(=O)CCc2ccnn2C)N(c2ccncn2)C1. The predicted molar refractivity (Wildman–Crippen MR) is 93.1 cm³/mol. The summed E-state index contributed by atoms with van der Waals surface area (Å²) in [6, 6.07) is 3.99. The second kappa shape index (κ2) is 8.06. The molecule has 1 amide bonds. The van der Waals surface area contributed by atoms with E-state index in [2.05, 4.69) is 25.3 Å². The van der Waals surface area contributed by atoms with Gasteiger partial charge in [-0.1, -0.05) is 0 Å². The first-order valence-electron chi connectivity index (χ1n) is 8.46. The summed E-state index contributed by atoms with van der Waals surface area (Å²) in [4.78, 5) is 22.7. The lowest BCUT2D eigenvalue weighted by Crippen LogP contribution is -2.40. The van der Waals surface area contributed by atoms with Crippen LogP contribution in [0.25, 0.3) is 0 Å². The number of aromatic nitrogens is 4. The number of methoxy groups -OCH3 is 1. The van der Waals surface area contributed by atoms with E-state index in [4.69, 9.17) is 4.74 Å². The van der Waals surface area contributed by atoms with E-state index in [0.717, 1.165) is 24.5 Å². The minimum Gasteiger partial charge on any atom is -0.380 e. The fourth-order valence-electron chi connectivity index (χ4n) is 3.18. The van der Waals surface area contributed by atoms with E-state index in [1.807, 2.05) is 19.2 Å². The fraction of sp³-hybridized carbons (Fsp3) is 0.529. The number of amides is 1. The van der Waals surface area contributed by atoms with Crippen LogP contribution in [0.15, 0.2) is 30.9 Å². The molecule has 3 heterocycles. The van der Waals surface area contributed by atoms with Gasteiger partial charge in [0, 0.05) is 51.8 Å². The lowest BCUT2D eigenvalue weighted by atomic mass is 10.2. The van der Waals surface area contributed by atoms with Crippen LogP contribution in [0.4, 0.5) is 5.82 Å². The maximum absolute atomic E-state index is 12.2. The van der Waals surface area contributed by atoms with Crippen LogP contribution in [0, 0.1) is 0 Å². The van der Waals surface area contributed by atoms with Crippen molar-refractivity contribution in [3.8, 4) is 0 Å². The molecule has 3 rings (SSSR count). The highest BCUT2D eigenvalue weighted by atomic mass is 16.5. The molecule has 8 nitrogen and oxygen atoms in total. The molecule has 0 bridgehead atoms. The number of rotatable bonds is 7. The highest BCUT2D eigenvalue weighted by Gasteiger charge is 2.33. The number of nitrogens with zero attached hydrogens (tertiary/aromatic N) is 5. The van der Waals surface area contributed by atoms with Crippen molar-refractivity contribution in [1.82, 2.24) is 25.1 Å². The standard InChI is InChI=1S/C17H24N6O2/c1-22-13(5-8-21-22)3-4-17(24)19-10-14-9-15(25-2)11-23(14)16-6-7-18-12-20-16/h5-8,12,14-15H,3-4,9-11H2,1-2H3,(H,19,24)/t14-,15-/m1/s1. The van der Waals surface area contributed by atoms with Gasteiger partial charge in [-0.3, -0.25) is 9.48 Å². The van der Waals surface area contributed by atoms with Gasteiger partial charge < -0.3 is 15.0 Å². The van der Waals surface area contributed by atoms with Crippen LogP contribution in [-0.4, -0.2) is 58.0 Å². The normalized spacial score (nSPS) is 20.0. The maximum Gasteiger partial charge on any atom is 0.220 e. The van der Waals surface area contributed by atoms with E-state index in [-0.39, 0.29) is 18.1 Å². The third kappa shape index (κ3) is 4.33. The number of anilines is 1. The zero-order valence-corrected chi connectivity index (χ0v) is 14.6. The molecular formula is C17H24N6O2. The Bertz CT molecular complexity index is 689. The second-order valence-corrected chi connectivity index (χ2v) is 6.22. The molecule has 2 aromatic heterocycles. The first-order chi connectivity index (χ1) is 12.2.